The molecule has 0 fully saturated rings. The lowest BCUT2D eigenvalue weighted by molar-refractivity contribution is -0.157. The van der Waals surface area contributed by atoms with Gasteiger partial charge in [0, 0.05) is 0 Å². The van der Waals surface area contributed by atoms with Crippen LogP contribution in [0.3, 0.4) is 0 Å². The predicted molar refractivity (Wildman–Crippen MR) is 77.3 cm³/mol. The topological polar surface area (TPSA) is 87.9 Å². The van der Waals surface area contributed by atoms with Gasteiger partial charge in [-0.25, -0.2) is 4.79 Å². The minimum atomic E-state index is -0.534. The molecule has 0 unspecified atom stereocenters. The van der Waals surface area contributed by atoms with E-state index in [1.54, 1.807) is 45.0 Å². The number of ether oxygens (including phenoxy) is 3. The minimum Gasteiger partial charge on any atom is -0.486 e. The van der Waals surface area contributed by atoms with Crippen LogP contribution in [0.2, 0.25) is 0 Å². The van der Waals surface area contributed by atoms with Gasteiger partial charge in [0.25, 0.3) is 0 Å². The number of ketones is 1. The molecule has 0 spiro atoms. The minimum absolute atomic E-state index is 0.0446. The van der Waals surface area contributed by atoms with Crippen molar-refractivity contribution in [3.8, 4) is 11.5 Å². The van der Waals surface area contributed by atoms with Crippen molar-refractivity contribution in [1.82, 2.24) is 0 Å². The Morgan fingerprint density at radius 3 is 1.90 bits per heavy atom. The van der Waals surface area contributed by atoms with Gasteiger partial charge >= 0.3 is 5.97 Å². The smallest absolute Gasteiger partial charge is 0.344 e. The number of carbonyl (C=O) groups is 2. The zero-order chi connectivity index (χ0) is 15.9. The molecular formula is C15H21NO5. The number of benzene rings is 1. The highest BCUT2D eigenvalue weighted by atomic mass is 16.6. The van der Waals surface area contributed by atoms with E-state index in [1.165, 1.54) is 0 Å². The number of hydrogen-bond donors (Lipinski definition) is 1. The van der Waals surface area contributed by atoms with E-state index in [2.05, 4.69) is 0 Å². The Morgan fingerprint density at radius 1 is 1.00 bits per heavy atom. The normalized spacial score (nSPS) is 10.9. The zero-order valence-electron chi connectivity index (χ0n) is 12.5. The lowest BCUT2D eigenvalue weighted by Gasteiger charge is -2.19. The van der Waals surface area contributed by atoms with Gasteiger partial charge in [-0.05, 0) is 45.0 Å². The van der Waals surface area contributed by atoms with E-state index in [0.29, 0.717) is 11.5 Å². The van der Waals surface area contributed by atoms with Gasteiger partial charge in [-0.1, -0.05) is 0 Å². The number of nitrogens with two attached hydrogens (primary N) is 1. The fourth-order valence-electron chi connectivity index (χ4n) is 1.37. The van der Waals surface area contributed by atoms with Gasteiger partial charge in [0.05, 0.1) is 6.54 Å². The van der Waals surface area contributed by atoms with E-state index < -0.39 is 11.6 Å². The highest BCUT2D eigenvalue weighted by Crippen LogP contribution is 2.17. The molecule has 0 atom stereocenters. The molecule has 1 rings (SSSR count). The lowest BCUT2D eigenvalue weighted by atomic mass is 10.2. The van der Waals surface area contributed by atoms with Gasteiger partial charge in [-0.2, -0.15) is 0 Å². The first kappa shape index (κ1) is 17.0. The van der Waals surface area contributed by atoms with E-state index in [-0.39, 0.29) is 25.5 Å². The largest absolute Gasteiger partial charge is 0.486 e. The molecule has 6 nitrogen and oxygen atoms in total. The summed E-state index contributed by atoms with van der Waals surface area (Å²) in [5.41, 5.74) is 4.64. The Labute approximate surface area is 124 Å². The van der Waals surface area contributed by atoms with Crippen LogP contribution >= 0.6 is 0 Å². The fraction of sp³-hybridized carbons (Fsp3) is 0.467. The molecule has 2 N–H and O–H groups in total. The molecule has 1 aromatic rings. The summed E-state index contributed by atoms with van der Waals surface area (Å²) >= 11 is 0. The van der Waals surface area contributed by atoms with Crippen molar-refractivity contribution in [2.75, 3.05) is 19.8 Å². The van der Waals surface area contributed by atoms with Crippen LogP contribution in [0.4, 0.5) is 0 Å². The number of rotatable bonds is 7. The van der Waals surface area contributed by atoms with Crippen molar-refractivity contribution < 1.29 is 23.8 Å². The molecule has 21 heavy (non-hydrogen) atoms. The highest BCUT2D eigenvalue weighted by molar-refractivity contribution is 5.81. The molecule has 0 aliphatic carbocycles. The Hall–Kier alpha value is -2.08. The van der Waals surface area contributed by atoms with E-state index in [4.69, 9.17) is 19.9 Å². The summed E-state index contributed by atoms with van der Waals surface area (Å²) in [6, 6.07) is 6.59. The summed E-state index contributed by atoms with van der Waals surface area (Å²) in [5.74, 6) is 0.427. The summed E-state index contributed by atoms with van der Waals surface area (Å²) < 4.78 is 15.6. The van der Waals surface area contributed by atoms with Crippen molar-refractivity contribution in [3.05, 3.63) is 24.3 Å². The molecule has 0 aliphatic rings. The molecule has 0 aromatic heterocycles. The fourth-order valence-corrected chi connectivity index (χ4v) is 1.37. The van der Waals surface area contributed by atoms with Crippen molar-refractivity contribution >= 4 is 11.8 Å². The lowest BCUT2D eigenvalue weighted by Crippen LogP contribution is -2.27. The average molecular weight is 295 g/mol. The monoisotopic (exact) mass is 295 g/mol. The van der Waals surface area contributed by atoms with Gasteiger partial charge in [0.1, 0.15) is 23.7 Å². The van der Waals surface area contributed by atoms with E-state index in [1.807, 2.05) is 0 Å². The molecule has 0 amide bonds. The average Bonchev–Trinajstić information content (AvgIpc) is 2.41. The molecule has 0 bridgehead atoms. The Balaban J connectivity index is 2.41. The first-order valence-electron chi connectivity index (χ1n) is 6.59. The molecule has 0 radical (unpaired) electrons. The summed E-state index contributed by atoms with van der Waals surface area (Å²) in [4.78, 5) is 22.5. The number of hydrogen-bond acceptors (Lipinski definition) is 6. The van der Waals surface area contributed by atoms with Crippen LogP contribution in [0.15, 0.2) is 24.3 Å². The SMILES string of the molecule is CC(C)(C)OC(=O)COc1ccc(OCC(=O)CN)cc1. The van der Waals surface area contributed by atoms with Gasteiger partial charge in [0.2, 0.25) is 0 Å². The summed E-state index contributed by atoms with van der Waals surface area (Å²) in [7, 11) is 0. The highest BCUT2D eigenvalue weighted by Gasteiger charge is 2.16. The van der Waals surface area contributed by atoms with Crippen LogP contribution in [0.5, 0.6) is 11.5 Å². The molecule has 0 saturated heterocycles. The third kappa shape index (κ3) is 7.31. The van der Waals surface area contributed by atoms with Gasteiger partial charge in [-0.15, -0.1) is 0 Å². The van der Waals surface area contributed by atoms with Crippen LogP contribution in [0, 0.1) is 0 Å². The van der Waals surface area contributed by atoms with Crippen molar-refractivity contribution in [1.29, 1.82) is 0 Å². The third-order valence-corrected chi connectivity index (χ3v) is 2.23. The Morgan fingerprint density at radius 2 is 1.48 bits per heavy atom. The second kappa shape index (κ2) is 7.64. The first-order chi connectivity index (χ1) is 9.80. The zero-order valence-corrected chi connectivity index (χ0v) is 12.5. The van der Waals surface area contributed by atoms with Crippen LogP contribution in [-0.4, -0.2) is 37.1 Å². The Kier molecular flexibility index (Phi) is 6.17. The van der Waals surface area contributed by atoms with Crippen LogP contribution < -0.4 is 15.2 Å². The van der Waals surface area contributed by atoms with Crippen molar-refractivity contribution in [3.63, 3.8) is 0 Å². The molecule has 6 heteroatoms. The molecular weight excluding hydrogens is 274 g/mol. The van der Waals surface area contributed by atoms with Gasteiger partial charge in [-0.3, -0.25) is 4.79 Å². The second-order valence-corrected chi connectivity index (χ2v) is 5.38. The quantitative estimate of drug-likeness (QED) is 0.763. The standard InChI is InChI=1S/C15H21NO5/c1-15(2,3)21-14(18)10-20-13-6-4-12(5-7-13)19-9-11(17)8-16/h4-7H,8-10,16H2,1-3H3. The van der Waals surface area contributed by atoms with Crippen LogP contribution in [0.1, 0.15) is 20.8 Å². The van der Waals surface area contributed by atoms with Crippen LogP contribution in [0.25, 0.3) is 0 Å². The first-order valence-corrected chi connectivity index (χ1v) is 6.59. The maximum absolute atomic E-state index is 11.5. The number of Topliss-reactive ketones (excluding diaryl/α,β-unsaturated/α-hetero) is 1. The third-order valence-electron chi connectivity index (χ3n) is 2.23. The molecule has 1 aromatic carbocycles. The van der Waals surface area contributed by atoms with Crippen molar-refractivity contribution in [2.45, 2.75) is 26.4 Å². The molecule has 116 valence electrons. The molecule has 0 aliphatic heterocycles. The maximum Gasteiger partial charge on any atom is 0.344 e. The maximum atomic E-state index is 11.5. The van der Waals surface area contributed by atoms with Gasteiger partial charge in [0.15, 0.2) is 12.4 Å². The van der Waals surface area contributed by atoms with E-state index in [0.717, 1.165) is 0 Å². The summed E-state index contributed by atoms with van der Waals surface area (Å²) in [6.07, 6.45) is 0. The Bertz CT molecular complexity index is 476. The van der Waals surface area contributed by atoms with Gasteiger partial charge < -0.3 is 19.9 Å². The number of carbonyl (C=O) groups excluding carboxylic acids is 2. The second-order valence-electron chi connectivity index (χ2n) is 5.38. The molecule has 0 saturated carbocycles. The number of esters is 1. The van der Waals surface area contributed by atoms with Crippen LogP contribution in [-0.2, 0) is 14.3 Å². The van der Waals surface area contributed by atoms with Crippen molar-refractivity contribution in [2.24, 2.45) is 5.73 Å². The van der Waals surface area contributed by atoms with E-state index in [9.17, 15) is 9.59 Å². The van der Waals surface area contributed by atoms with E-state index >= 15 is 0 Å². The summed E-state index contributed by atoms with van der Waals surface area (Å²) in [6.45, 7) is 5.10. The summed E-state index contributed by atoms with van der Waals surface area (Å²) in [5, 5.41) is 0. The predicted octanol–water partition coefficient (Wildman–Crippen LogP) is 1.31. The molecule has 0 heterocycles.